The number of nitrogens with zero attached hydrogens (tertiary/aromatic N) is 1. The summed E-state index contributed by atoms with van der Waals surface area (Å²) in [7, 11) is 0. The predicted octanol–water partition coefficient (Wildman–Crippen LogP) is 2.25. The van der Waals surface area contributed by atoms with Gasteiger partial charge in [0.2, 0.25) is 0 Å². The molecular weight excluding hydrogens is 266 g/mol. The first-order chi connectivity index (χ1) is 9.32. The average Bonchev–Trinajstić information content (AvgIpc) is 2.37. The standard InChI is InChI=1S/C13H15NO6/c1-8(2)11(7-12(15)16)20-13(17)9-5-3-4-6-10(9)14(18)19/h3-6,8,11H,7H2,1-2H3,(H,15,16). The molecule has 1 aromatic rings. The number of carboxylic acid groups (broad SMARTS) is 1. The van der Waals surface area contributed by atoms with Crippen LogP contribution in [0, 0.1) is 16.0 Å². The van der Waals surface area contributed by atoms with E-state index >= 15 is 0 Å². The van der Waals surface area contributed by atoms with Crippen LogP contribution in [0.3, 0.4) is 0 Å². The Morgan fingerprint density at radius 1 is 1.35 bits per heavy atom. The van der Waals surface area contributed by atoms with Crippen molar-refractivity contribution in [1.29, 1.82) is 0 Å². The molecule has 0 amide bonds. The number of hydrogen-bond acceptors (Lipinski definition) is 5. The highest BCUT2D eigenvalue weighted by molar-refractivity contribution is 5.94. The Balaban J connectivity index is 2.95. The van der Waals surface area contributed by atoms with Crippen LogP contribution in [0.1, 0.15) is 30.6 Å². The van der Waals surface area contributed by atoms with Crippen molar-refractivity contribution in [3.8, 4) is 0 Å². The SMILES string of the molecule is CC(C)C(CC(=O)O)OC(=O)c1ccccc1[N+](=O)[O-]. The molecule has 0 aliphatic carbocycles. The molecule has 108 valence electrons. The van der Waals surface area contributed by atoms with Crippen LogP contribution in [-0.2, 0) is 9.53 Å². The van der Waals surface area contributed by atoms with Gasteiger partial charge in [-0.15, -0.1) is 0 Å². The maximum Gasteiger partial charge on any atom is 0.345 e. The summed E-state index contributed by atoms with van der Waals surface area (Å²) in [4.78, 5) is 32.8. The lowest BCUT2D eigenvalue weighted by Gasteiger charge is -2.19. The monoisotopic (exact) mass is 281 g/mol. The number of carbonyl (C=O) groups excluding carboxylic acids is 1. The van der Waals surface area contributed by atoms with E-state index in [-0.39, 0.29) is 23.6 Å². The van der Waals surface area contributed by atoms with Crippen LogP contribution in [-0.4, -0.2) is 28.1 Å². The van der Waals surface area contributed by atoms with E-state index in [4.69, 9.17) is 9.84 Å². The van der Waals surface area contributed by atoms with Gasteiger partial charge in [-0.3, -0.25) is 14.9 Å². The van der Waals surface area contributed by atoms with Gasteiger partial charge < -0.3 is 9.84 Å². The van der Waals surface area contributed by atoms with E-state index in [1.807, 2.05) is 0 Å². The van der Waals surface area contributed by atoms with Gasteiger partial charge in [0.15, 0.2) is 0 Å². The minimum Gasteiger partial charge on any atom is -0.481 e. The van der Waals surface area contributed by atoms with Gasteiger partial charge in [-0.1, -0.05) is 26.0 Å². The third-order valence-corrected chi connectivity index (χ3v) is 2.70. The molecule has 7 nitrogen and oxygen atoms in total. The molecule has 1 unspecified atom stereocenters. The lowest BCUT2D eigenvalue weighted by molar-refractivity contribution is -0.385. The zero-order chi connectivity index (χ0) is 15.3. The number of carbonyl (C=O) groups is 2. The zero-order valence-electron chi connectivity index (χ0n) is 11.1. The first-order valence-electron chi connectivity index (χ1n) is 5.99. The fraction of sp³-hybridized carbons (Fsp3) is 0.385. The fourth-order valence-corrected chi connectivity index (χ4v) is 1.59. The Labute approximate surface area is 115 Å². The second-order valence-corrected chi connectivity index (χ2v) is 4.56. The lowest BCUT2D eigenvalue weighted by atomic mass is 10.0. The van der Waals surface area contributed by atoms with Gasteiger partial charge in [0, 0.05) is 6.07 Å². The summed E-state index contributed by atoms with van der Waals surface area (Å²) >= 11 is 0. The number of esters is 1. The van der Waals surface area contributed by atoms with E-state index in [9.17, 15) is 19.7 Å². The summed E-state index contributed by atoms with van der Waals surface area (Å²) < 4.78 is 5.08. The molecule has 0 radical (unpaired) electrons. The molecule has 0 saturated heterocycles. The highest BCUT2D eigenvalue weighted by Crippen LogP contribution is 2.21. The maximum atomic E-state index is 11.9. The Morgan fingerprint density at radius 3 is 2.45 bits per heavy atom. The maximum absolute atomic E-state index is 11.9. The van der Waals surface area contributed by atoms with Crippen molar-refractivity contribution in [3.05, 3.63) is 39.9 Å². The van der Waals surface area contributed by atoms with Crippen molar-refractivity contribution in [2.45, 2.75) is 26.4 Å². The normalized spacial score (nSPS) is 11.9. The average molecular weight is 281 g/mol. The largest absolute Gasteiger partial charge is 0.481 e. The van der Waals surface area contributed by atoms with E-state index in [0.29, 0.717) is 0 Å². The number of para-hydroxylation sites is 1. The summed E-state index contributed by atoms with van der Waals surface area (Å²) in [5.74, 6) is -2.20. The van der Waals surface area contributed by atoms with Crippen molar-refractivity contribution < 1.29 is 24.4 Å². The molecule has 1 N–H and O–H groups in total. The highest BCUT2D eigenvalue weighted by Gasteiger charge is 2.26. The van der Waals surface area contributed by atoms with Crippen molar-refractivity contribution in [2.24, 2.45) is 5.92 Å². The summed E-state index contributed by atoms with van der Waals surface area (Å²) in [6.45, 7) is 3.42. The molecular formula is C13H15NO6. The third kappa shape index (κ3) is 4.04. The van der Waals surface area contributed by atoms with Crippen LogP contribution in [0.5, 0.6) is 0 Å². The lowest BCUT2D eigenvalue weighted by Crippen LogP contribution is -2.26. The minimum atomic E-state index is -1.10. The molecule has 1 aromatic carbocycles. The van der Waals surface area contributed by atoms with Gasteiger partial charge in [0.1, 0.15) is 11.7 Å². The Bertz CT molecular complexity index is 525. The van der Waals surface area contributed by atoms with Crippen molar-refractivity contribution >= 4 is 17.6 Å². The van der Waals surface area contributed by atoms with E-state index in [0.717, 1.165) is 0 Å². The summed E-state index contributed by atoms with van der Waals surface area (Å²) in [5, 5.41) is 19.6. The molecule has 0 fully saturated rings. The Hall–Kier alpha value is -2.44. The summed E-state index contributed by atoms with van der Waals surface area (Å²) in [5.41, 5.74) is -0.552. The van der Waals surface area contributed by atoms with Crippen molar-refractivity contribution in [3.63, 3.8) is 0 Å². The van der Waals surface area contributed by atoms with Gasteiger partial charge in [0.05, 0.1) is 11.3 Å². The summed E-state index contributed by atoms with van der Waals surface area (Å²) in [6.07, 6.45) is -1.18. The number of rotatable bonds is 6. The molecule has 0 aromatic heterocycles. The minimum absolute atomic E-state index is 0.187. The molecule has 0 saturated carbocycles. The van der Waals surface area contributed by atoms with Crippen molar-refractivity contribution in [1.82, 2.24) is 0 Å². The smallest absolute Gasteiger partial charge is 0.345 e. The number of benzene rings is 1. The number of aliphatic carboxylic acids is 1. The molecule has 0 bridgehead atoms. The van der Waals surface area contributed by atoms with Gasteiger partial charge in [-0.25, -0.2) is 4.79 Å². The zero-order valence-corrected chi connectivity index (χ0v) is 11.1. The topological polar surface area (TPSA) is 107 Å². The molecule has 0 aliphatic heterocycles. The predicted molar refractivity (Wildman–Crippen MR) is 69.4 cm³/mol. The Kier molecular flexibility index (Phi) is 5.19. The molecule has 0 aliphatic rings. The Morgan fingerprint density at radius 2 is 1.95 bits per heavy atom. The molecule has 1 rings (SSSR count). The molecule has 0 heterocycles. The molecule has 20 heavy (non-hydrogen) atoms. The first-order valence-corrected chi connectivity index (χ1v) is 5.99. The number of nitro benzene ring substituents is 1. The molecule has 1 atom stereocenters. The van der Waals surface area contributed by atoms with Crippen LogP contribution in [0.25, 0.3) is 0 Å². The third-order valence-electron chi connectivity index (χ3n) is 2.70. The van der Waals surface area contributed by atoms with Gasteiger partial charge >= 0.3 is 11.9 Å². The number of hydrogen-bond donors (Lipinski definition) is 1. The number of carboxylic acids is 1. The number of nitro groups is 1. The van der Waals surface area contributed by atoms with E-state index in [1.54, 1.807) is 13.8 Å². The van der Waals surface area contributed by atoms with Crippen LogP contribution in [0.2, 0.25) is 0 Å². The fourth-order valence-electron chi connectivity index (χ4n) is 1.59. The second-order valence-electron chi connectivity index (χ2n) is 4.56. The van der Waals surface area contributed by atoms with Gasteiger partial charge in [-0.05, 0) is 12.0 Å². The van der Waals surface area contributed by atoms with Crippen LogP contribution in [0.15, 0.2) is 24.3 Å². The molecule has 7 heteroatoms. The highest BCUT2D eigenvalue weighted by atomic mass is 16.6. The van der Waals surface area contributed by atoms with E-state index in [2.05, 4.69) is 0 Å². The number of ether oxygens (including phenoxy) is 1. The quantitative estimate of drug-likeness (QED) is 0.487. The van der Waals surface area contributed by atoms with Crippen LogP contribution < -0.4 is 0 Å². The first kappa shape index (κ1) is 15.6. The van der Waals surface area contributed by atoms with Gasteiger partial charge in [0.25, 0.3) is 5.69 Å². The van der Waals surface area contributed by atoms with Crippen LogP contribution >= 0.6 is 0 Å². The van der Waals surface area contributed by atoms with E-state index < -0.39 is 23.0 Å². The molecule has 0 spiro atoms. The van der Waals surface area contributed by atoms with Crippen LogP contribution in [0.4, 0.5) is 5.69 Å². The second kappa shape index (κ2) is 6.65. The van der Waals surface area contributed by atoms with E-state index in [1.165, 1.54) is 24.3 Å². The summed E-state index contributed by atoms with van der Waals surface area (Å²) in [6, 6.07) is 5.38. The van der Waals surface area contributed by atoms with Crippen molar-refractivity contribution in [2.75, 3.05) is 0 Å². The van der Waals surface area contributed by atoms with Gasteiger partial charge in [-0.2, -0.15) is 0 Å².